The van der Waals surface area contributed by atoms with E-state index in [1.165, 1.54) is 0 Å². The summed E-state index contributed by atoms with van der Waals surface area (Å²) in [5.74, 6) is 2.44. The number of rotatable bonds is 7. The number of ether oxygens (including phenoxy) is 2. The SMILES string of the molecule is COc1cc(C)c(CSCC(=O)Nc2cc(Cl)ccc2C)cc1OC. The summed E-state index contributed by atoms with van der Waals surface area (Å²) in [6, 6.07) is 9.36. The highest BCUT2D eigenvalue weighted by Gasteiger charge is 2.10. The average Bonchev–Trinajstić information content (AvgIpc) is 2.59. The second-order valence-corrected chi connectivity index (χ2v) is 7.06. The summed E-state index contributed by atoms with van der Waals surface area (Å²) >= 11 is 7.53. The molecule has 0 radical (unpaired) electrons. The summed E-state index contributed by atoms with van der Waals surface area (Å²) in [6.07, 6.45) is 0. The lowest BCUT2D eigenvalue weighted by molar-refractivity contribution is -0.113. The summed E-state index contributed by atoms with van der Waals surface area (Å²) in [5, 5.41) is 3.51. The minimum Gasteiger partial charge on any atom is -0.493 e. The van der Waals surface area contributed by atoms with Gasteiger partial charge in [0.05, 0.1) is 20.0 Å². The van der Waals surface area contributed by atoms with Gasteiger partial charge in [-0.05, 0) is 54.8 Å². The van der Waals surface area contributed by atoms with Crippen LogP contribution in [0.1, 0.15) is 16.7 Å². The van der Waals surface area contributed by atoms with Gasteiger partial charge in [0.1, 0.15) is 0 Å². The molecule has 0 bridgehead atoms. The Morgan fingerprint density at radius 2 is 1.76 bits per heavy atom. The molecule has 0 fully saturated rings. The van der Waals surface area contributed by atoms with Gasteiger partial charge in [0.25, 0.3) is 0 Å². The topological polar surface area (TPSA) is 47.6 Å². The van der Waals surface area contributed by atoms with Gasteiger partial charge in [0, 0.05) is 16.5 Å². The zero-order chi connectivity index (χ0) is 18.4. The molecule has 0 atom stereocenters. The van der Waals surface area contributed by atoms with Gasteiger partial charge < -0.3 is 14.8 Å². The largest absolute Gasteiger partial charge is 0.493 e. The van der Waals surface area contributed by atoms with Crippen LogP contribution in [0.2, 0.25) is 5.02 Å². The number of benzene rings is 2. The van der Waals surface area contributed by atoms with Gasteiger partial charge in [0.2, 0.25) is 5.91 Å². The first kappa shape index (κ1) is 19.5. The molecule has 0 saturated heterocycles. The Kier molecular flexibility index (Phi) is 7.02. The van der Waals surface area contributed by atoms with Crippen LogP contribution in [-0.4, -0.2) is 25.9 Å². The first-order chi connectivity index (χ1) is 11.9. The molecule has 25 heavy (non-hydrogen) atoms. The minimum atomic E-state index is -0.0477. The summed E-state index contributed by atoms with van der Waals surface area (Å²) in [7, 11) is 3.23. The van der Waals surface area contributed by atoms with Crippen LogP contribution in [0.5, 0.6) is 11.5 Å². The van der Waals surface area contributed by atoms with E-state index in [-0.39, 0.29) is 5.91 Å². The molecule has 0 aliphatic rings. The van der Waals surface area contributed by atoms with Crippen LogP contribution in [0.3, 0.4) is 0 Å². The van der Waals surface area contributed by atoms with E-state index in [0.717, 1.165) is 22.4 Å². The molecule has 0 aliphatic heterocycles. The van der Waals surface area contributed by atoms with E-state index in [2.05, 4.69) is 5.32 Å². The third-order valence-corrected chi connectivity index (χ3v) is 5.02. The van der Waals surface area contributed by atoms with Crippen molar-refractivity contribution in [3.63, 3.8) is 0 Å². The van der Waals surface area contributed by atoms with E-state index >= 15 is 0 Å². The highest BCUT2D eigenvalue weighted by Crippen LogP contribution is 2.32. The summed E-state index contributed by atoms with van der Waals surface area (Å²) in [5.41, 5.74) is 3.96. The van der Waals surface area contributed by atoms with Crippen molar-refractivity contribution < 1.29 is 14.3 Å². The Hall–Kier alpha value is -1.85. The van der Waals surface area contributed by atoms with Gasteiger partial charge in [-0.2, -0.15) is 0 Å². The van der Waals surface area contributed by atoms with Gasteiger partial charge in [-0.15, -0.1) is 11.8 Å². The zero-order valence-corrected chi connectivity index (χ0v) is 16.4. The van der Waals surface area contributed by atoms with Crippen molar-refractivity contribution >= 4 is 35.0 Å². The quantitative estimate of drug-likeness (QED) is 0.747. The van der Waals surface area contributed by atoms with Crippen molar-refractivity contribution in [1.29, 1.82) is 0 Å². The number of carbonyl (C=O) groups excluding carboxylic acids is 1. The van der Waals surface area contributed by atoms with Crippen LogP contribution < -0.4 is 14.8 Å². The predicted octanol–water partition coefficient (Wildman–Crippen LogP) is 4.85. The molecule has 0 aliphatic carbocycles. The summed E-state index contributed by atoms with van der Waals surface area (Å²) in [6.45, 7) is 3.96. The maximum atomic E-state index is 12.2. The van der Waals surface area contributed by atoms with Crippen LogP contribution in [0, 0.1) is 13.8 Å². The molecule has 0 unspecified atom stereocenters. The maximum Gasteiger partial charge on any atom is 0.234 e. The van der Waals surface area contributed by atoms with Crippen molar-refractivity contribution in [2.24, 2.45) is 0 Å². The third kappa shape index (κ3) is 5.31. The molecule has 2 aromatic rings. The molecule has 0 aromatic heterocycles. The normalized spacial score (nSPS) is 10.4. The van der Waals surface area contributed by atoms with Crippen LogP contribution in [0.4, 0.5) is 5.69 Å². The predicted molar refractivity (Wildman–Crippen MR) is 105 cm³/mol. The lowest BCUT2D eigenvalue weighted by Crippen LogP contribution is -2.15. The van der Waals surface area contributed by atoms with Crippen molar-refractivity contribution in [1.82, 2.24) is 0 Å². The number of thioether (sulfide) groups is 1. The summed E-state index contributed by atoms with van der Waals surface area (Å²) in [4.78, 5) is 12.2. The Bertz CT molecular complexity index is 765. The van der Waals surface area contributed by atoms with Gasteiger partial charge in [-0.1, -0.05) is 17.7 Å². The molecule has 0 saturated carbocycles. The molecule has 6 heteroatoms. The molecule has 2 aromatic carbocycles. The first-order valence-corrected chi connectivity index (χ1v) is 9.33. The molecule has 0 spiro atoms. The number of hydrogen-bond donors (Lipinski definition) is 1. The fourth-order valence-electron chi connectivity index (χ4n) is 2.35. The van der Waals surface area contributed by atoms with Crippen LogP contribution >= 0.6 is 23.4 Å². The number of halogens is 1. The second-order valence-electron chi connectivity index (χ2n) is 5.63. The molecular formula is C19H22ClNO3S. The van der Waals surface area contributed by atoms with Gasteiger partial charge >= 0.3 is 0 Å². The van der Waals surface area contributed by atoms with Crippen molar-refractivity contribution in [3.8, 4) is 11.5 Å². The van der Waals surface area contributed by atoms with Crippen LogP contribution in [0.15, 0.2) is 30.3 Å². The Morgan fingerprint density at radius 1 is 1.08 bits per heavy atom. The summed E-state index contributed by atoms with van der Waals surface area (Å²) < 4.78 is 10.6. The van der Waals surface area contributed by atoms with E-state index in [0.29, 0.717) is 28.0 Å². The lowest BCUT2D eigenvalue weighted by atomic mass is 10.1. The molecule has 4 nitrogen and oxygen atoms in total. The van der Waals surface area contributed by atoms with E-state index in [1.54, 1.807) is 38.1 Å². The van der Waals surface area contributed by atoms with Crippen molar-refractivity contribution in [3.05, 3.63) is 52.0 Å². The third-order valence-electron chi connectivity index (χ3n) is 3.81. The number of amides is 1. The Morgan fingerprint density at radius 3 is 2.44 bits per heavy atom. The number of nitrogens with one attached hydrogen (secondary N) is 1. The molecule has 0 heterocycles. The van der Waals surface area contributed by atoms with Crippen molar-refractivity contribution in [2.75, 3.05) is 25.3 Å². The second kappa shape index (κ2) is 9.02. The number of methoxy groups -OCH3 is 2. The Balaban J connectivity index is 1.94. The molecule has 1 amide bonds. The maximum absolute atomic E-state index is 12.2. The van der Waals surface area contributed by atoms with Crippen LogP contribution in [0.25, 0.3) is 0 Å². The standard InChI is InChI=1S/C19H22ClNO3S/c1-12-5-6-15(20)9-16(12)21-19(22)11-25-10-14-8-18(24-4)17(23-3)7-13(14)2/h5-9H,10-11H2,1-4H3,(H,21,22). The van der Waals surface area contributed by atoms with E-state index in [4.69, 9.17) is 21.1 Å². The fourth-order valence-corrected chi connectivity index (χ4v) is 3.41. The van der Waals surface area contributed by atoms with E-state index in [1.807, 2.05) is 32.0 Å². The number of aryl methyl sites for hydroxylation is 2. The molecule has 1 N–H and O–H groups in total. The van der Waals surface area contributed by atoms with E-state index < -0.39 is 0 Å². The Labute approximate surface area is 157 Å². The van der Waals surface area contributed by atoms with Gasteiger partial charge in [0.15, 0.2) is 11.5 Å². The molecule has 2 rings (SSSR count). The highest BCUT2D eigenvalue weighted by atomic mass is 35.5. The number of anilines is 1. The van der Waals surface area contributed by atoms with Crippen molar-refractivity contribution in [2.45, 2.75) is 19.6 Å². The highest BCUT2D eigenvalue weighted by molar-refractivity contribution is 7.99. The lowest BCUT2D eigenvalue weighted by Gasteiger charge is -2.13. The monoisotopic (exact) mass is 379 g/mol. The smallest absolute Gasteiger partial charge is 0.234 e. The molecule has 134 valence electrons. The number of carbonyl (C=O) groups is 1. The minimum absolute atomic E-state index is 0.0477. The first-order valence-electron chi connectivity index (χ1n) is 7.80. The van der Waals surface area contributed by atoms with E-state index in [9.17, 15) is 4.79 Å². The molecular weight excluding hydrogens is 358 g/mol. The van der Waals surface area contributed by atoms with Crippen LogP contribution in [-0.2, 0) is 10.5 Å². The van der Waals surface area contributed by atoms with Gasteiger partial charge in [-0.25, -0.2) is 0 Å². The average molecular weight is 380 g/mol. The van der Waals surface area contributed by atoms with Gasteiger partial charge in [-0.3, -0.25) is 4.79 Å². The number of hydrogen-bond acceptors (Lipinski definition) is 4. The zero-order valence-electron chi connectivity index (χ0n) is 14.8. The fraction of sp³-hybridized carbons (Fsp3) is 0.316.